The van der Waals surface area contributed by atoms with Crippen LogP contribution in [0.4, 0.5) is 5.69 Å². The number of aryl methyl sites for hydroxylation is 2. The van der Waals surface area contributed by atoms with E-state index in [4.69, 9.17) is 16.7 Å². The molecule has 0 radical (unpaired) electrons. The molecule has 0 aliphatic rings. The lowest BCUT2D eigenvalue weighted by Crippen LogP contribution is -2.31. The molecule has 2 aromatic rings. The van der Waals surface area contributed by atoms with Crippen LogP contribution in [0.25, 0.3) is 0 Å². The third-order valence-corrected chi connectivity index (χ3v) is 5.07. The molecule has 0 saturated heterocycles. The van der Waals surface area contributed by atoms with Crippen LogP contribution in [0.3, 0.4) is 0 Å². The molecule has 0 saturated carbocycles. The van der Waals surface area contributed by atoms with Gasteiger partial charge < -0.3 is 10.6 Å². The summed E-state index contributed by atoms with van der Waals surface area (Å²) in [5.41, 5.74) is 3.71. The van der Waals surface area contributed by atoms with Gasteiger partial charge in [0.15, 0.2) is 0 Å². The fraction of sp³-hybridized carbons (Fsp3) is 0.278. The average molecular weight is 396 g/mol. The largest absolute Gasteiger partial charge is 0.375 e. The second-order valence-corrected chi connectivity index (χ2v) is 8.05. The summed E-state index contributed by atoms with van der Waals surface area (Å²) in [5.74, 6) is -0.151. The van der Waals surface area contributed by atoms with E-state index in [1.165, 1.54) is 12.1 Å². The number of rotatable bonds is 7. The van der Waals surface area contributed by atoms with E-state index in [1.807, 2.05) is 26.0 Å². The molecule has 0 spiro atoms. The summed E-state index contributed by atoms with van der Waals surface area (Å²) in [5, 5.41) is 11.5. The number of hydrogen-bond donors (Lipinski definition) is 3. The topological polar surface area (TPSA) is 101 Å². The lowest BCUT2D eigenvalue weighted by Gasteiger charge is -2.12. The first kappa shape index (κ1) is 20.2. The van der Waals surface area contributed by atoms with Crippen LogP contribution >= 0.6 is 11.6 Å². The molecule has 0 bridgehead atoms. The minimum absolute atomic E-state index is 0.0693. The molecular weight excluding hydrogens is 374 g/mol. The van der Waals surface area contributed by atoms with Gasteiger partial charge in [0, 0.05) is 6.54 Å². The fourth-order valence-corrected chi connectivity index (χ4v) is 3.47. The lowest BCUT2D eigenvalue weighted by atomic mass is 10.1. The molecule has 0 aliphatic heterocycles. The van der Waals surface area contributed by atoms with E-state index >= 15 is 0 Å². The maximum Gasteiger partial charge on any atom is 0.239 e. The molecule has 26 heavy (non-hydrogen) atoms. The Balaban J connectivity index is 1.81. The minimum Gasteiger partial charge on any atom is -0.375 e. The number of carbonyl (C=O) groups is 1. The van der Waals surface area contributed by atoms with Gasteiger partial charge in [0.1, 0.15) is 0 Å². The Labute approximate surface area is 158 Å². The van der Waals surface area contributed by atoms with Crippen LogP contribution in [0.15, 0.2) is 41.3 Å². The van der Waals surface area contributed by atoms with Crippen LogP contribution in [0.2, 0.25) is 5.02 Å². The molecule has 0 aromatic heterocycles. The van der Waals surface area contributed by atoms with Crippen LogP contribution in [-0.4, -0.2) is 27.4 Å². The van der Waals surface area contributed by atoms with Gasteiger partial charge in [-0.2, -0.15) is 0 Å². The van der Waals surface area contributed by atoms with Crippen molar-refractivity contribution in [2.45, 2.75) is 25.2 Å². The third-order valence-electron chi connectivity index (χ3n) is 3.85. The van der Waals surface area contributed by atoms with Crippen LogP contribution in [0.5, 0.6) is 0 Å². The van der Waals surface area contributed by atoms with Crippen molar-refractivity contribution in [1.82, 2.24) is 5.32 Å². The molecular formula is C18H22ClN3O3S. The van der Waals surface area contributed by atoms with Gasteiger partial charge in [0.2, 0.25) is 15.9 Å². The Kier molecular flexibility index (Phi) is 6.63. The summed E-state index contributed by atoms with van der Waals surface area (Å²) in [6.45, 7) is 4.46. The second-order valence-electron chi connectivity index (χ2n) is 6.08. The van der Waals surface area contributed by atoms with Crippen LogP contribution in [0, 0.1) is 13.8 Å². The summed E-state index contributed by atoms with van der Waals surface area (Å²) >= 11 is 6.20. The van der Waals surface area contributed by atoms with Crippen molar-refractivity contribution in [2.24, 2.45) is 5.14 Å². The number of nitrogens with one attached hydrogen (secondary N) is 2. The van der Waals surface area contributed by atoms with E-state index in [1.54, 1.807) is 12.1 Å². The molecule has 1 amide bonds. The summed E-state index contributed by atoms with van der Waals surface area (Å²) in [6.07, 6.45) is 0.584. The zero-order chi connectivity index (χ0) is 19.3. The molecule has 2 rings (SSSR count). The third kappa shape index (κ3) is 5.72. The van der Waals surface area contributed by atoms with E-state index in [0.717, 1.165) is 22.4 Å². The average Bonchev–Trinajstić information content (AvgIpc) is 2.53. The number of primary sulfonamides is 1. The van der Waals surface area contributed by atoms with Gasteiger partial charge in [0.25, 0.3) is 0 Å². The van der Waals surface area contributed by atoms with Crippen molar-refractivity contribution in [3.05, 3.63) is 58.1 Å². The standard InChI is InChI=1S/C18H22ClN3O3S/c1-12-9-13(2)18(16(19)10-12)22-11-17(23)21-8-7-14-3-5-15(6-4-14)26(20,24)25/h3-6,9-10,22H,7-8,11H2,1-2H3,(H,21,23)(H2,20,24,25). The summed E-state index contributed by atoms with van der Waals surface area (Å²) in [4.78, 5) is 12.0. The van der Waals surface area contributed by atoms with E-state index in [9.17, 15) is 13.2 Å². The van der Waals surface area contributed by atoms with Crippen LogP contribution in [-0.2, 0) is 21.2 Å². The molecule has 0 heterocycles. The van der Waals surface area contributed by atoms with Crippen molar-refractivity contribution in [2.75, 3.05) is 18.4 Å². The van der Waals surface area contributed by atoms with Gasteiger partial charge in [-0.05, 0) is 55.2 Å². The van der Waals surface area contributed by atoms with E-state index in [2.05, 4.69) is 10.6 Å². The van der Waals surface area contributed by atoms with Gasteiger partial charge >= 0.3 is 0 Å². The highest BCUT2D eigenvalue weighted by molar-refractivity contribution is 7.89. The highest BCUT2D eigenvalue weighted by Gasteiger charge is 2.08. The molecule has 2 aromatic carbocycles. The number of halogens is 1. The Hall–Kier alpha value is -2.09. The fourth-order valence-electron chi connectivity index (χ4n) is 2.56. The SMILES string of the molecule is Cc1cc(C)c(NCC(=O)NCCc2ccc(S(N)(=O)=O)cc2)c(Cl)c1. The monoisotopic (exact) mass is 395 g/mol. The van der Waals surface area contributed by atoms with E-state index < -0.39 is 10.0 Å². The number of benzene rings is 2. The maximum atomic E-state index is 12.0. The minimum atomic E-state index is -3.69. The highest BCUT2D eigenvalue weighted by Crippen LogP contribution is 2.26. The summed E-state index contributed by atoms with van der Waals surface area (Å²) in [6, 6.07) is 10.1. The van der Waals surface area contributed by atoms with E-state index in [0.29, 0.717) is 18.0 Å². The van der Waals surface area contributed by atoms with Gasteiger partial charge in [-0.15, -0.1) is 0 Å². The van der Waals surface area contributed by atoms with Crippen molar-refractivity contribution < 1.29 is 13.2 Å². The van der Waals surface area contributed by atoms with Crippen molar-refractivity contribution >= 4 is 33.2 Å². The van der Waals surface area contributed by atoms with Gasteiger partial charge in [-0.1, -0.05) is 29.8 Å². The smallest absolute Gasteiger partial charge is 0.239 e. The molecule has 0 atom stereocenters. The number of sulfonamides is 1. The molecule has 4 N–H and O–H groups in total. The zero-order valence-corrected chi connectivity index (χ0v) is 16.2. The summed E-state index contributed by atoms with van der Waals surface area (Å²) < 4.78 is 22.4. The van der Waals surface area contributed by atoms with E-state index in [-0.39, 0.29) is 17.3 Å². The van der Waals surface area contributed by atoms with Crippen molar-refractivity contribution in [3.8, 4) is 0 Å². The first-order chi connectivity index (χ1) is 12.2. The maximum absolute atomic E-state index is 12.0. The highest BCUT2D eigenvalue weighted by atomic mass is 35.5. The van der Waals surface area contributed by atoms with Crippen LogP contribution < -0.4 is 15.8 Å². The Morgan fingerprint density at radius 3 is 2.38 bits per heavy atom. The molecule has 0 aliphatic carbocycles. The predicted molar refractivity (Wildman–Crippen MR) is 104 cm³/mol. The molecule has 8 heteroatoms. The number of nitrogens with two attached hydrogens (primary N) is 1. The predicted octanol–water partition coefficient (Wildman–Crippen LogP) is 2.38. The Morgan fingerprint density at radius 1 is 1.15 bits per heavy atom. The molecule has 0 fully saturated rings. The van der Waals surface area contributed by atoms with Gasteiger partial charge in [-0.3, -0.25) is 4.79 Å². The van der Waals surface area contributed by atoms with Gasteiger partial charge in [0.05, 0.1) is 22.2 Å². The second kappa shape index (κ2) is 8.53. The number of amides is 1. The number of carbonyl (C=O) groups excluding carboxylic acids is 1. The first-order valence-corrected chi connectivity index (χ1v) is 9.98. The zero-order valence-electron chi connectivity index (χ0n) is 14.7. The van der Waals surface area contributed by atoms with Crippen molar-refractivity contribution in [1.29, 1.82) is 0 Å². The Morgan fingerprint density at radius 2 is 1.81 bits per heavy atom. The van der Waals surface area contributed by atoms with Crippen LogP contribution in [0.1, 0.15) is 16.7 Å². The lowest BCUT2D eigenvalue weighted by molar-refractivity contribution is -0.119. The first-order valence-electron chi connectivity index (χ1n) is 8.06. The molecule has 140 valence electrons. The number of anilines is 1. The summed E-state index contributed by atoms with van der Waals surface area (Å²) in [7, 11) is -3.69. The van der Waals surface area contributed by atoms with Crippen molar-refractivity contribution in [3.63, 3.8) is 0 Å². The quantitative estimate of drug-likeness (QED) is 0.669. The normalized spacial score (nSPS) is 11.2. The Bertz CT molecular complexity index is 873. The number of hydrogen-bond acceptors (Lipinski definition) is 4. The molecule has 6 nitrogen and oxygen atoms in total. The molecule has 0 unspecified atom stereocenters. The van der Waals surface area contributed by atoms with Gasteiger partial charge in [-0.25, -0.2) is 13.6 Å².